The molecule has 4 nitrogen and oxygen atoms in total. The Morgan fingerprint density at radius 2 is 2.17 bits per heavy atom. The van der Waals surface area contributed by atoms with E-state index in [1.807, 2.05) is 0 Å². The van der Waals surface area contributed by atoms with Crippen molar-refractivity contribution in [2.45, 2.75) is 6.92 Å². The molecule has 0 aliphatic carbocycles. The van der Waals surface area contributed by atoms with Crippen LogP contribution in [0.25, 0.3) is 16.2 Å². The zero-order chi connectivity index (χ0) is 12.9. The molecule has 0 atom stereocenters. The Morgan fingerprint density at radius 1 is 1.39 bits per heavy atom. The van der Waals surface area contributed by atoms with Crippen molar-refractivity contribution in [3.63, 3.8) is 0 Å². The first-order chi connectivity index (χ1) is 8.58. The Balaban J connectivity index is 2.45. The molecule has 2 heterocycles. The van der Waals surface area contributed by atoms with Crippen molar-refractivity contribution >= 4 is 22.4 Å². The van der Waals surface area contributed by atoms with Gasteiger partial charge in [0.2, 0.25) is 0 Å². The van der Waals surface area contributed by atoms with E-state index in [1.165, 1.54) is 17.4 Å². The highest BCUT2D eigenvalue weighted by molar-refractivity contribution is 7.12. The molecule has 0 amide bonds. The van der Waals surface area contributed by atoms with Gasteiger partial charge in [0, 0.05) is 5.38 Å². The summed E-state index contributed by atoms with van der Waals surface area (Å²) in [7, 11) is 0. The molecule has 0 bridgehead atoms. The summed E-state index contributed by atoms with van der Waals surface area (Å²) in [6.45, 7) is 1.76. The minimum absolute atomic E-state index is 0.116. The van der Waals surface area contributed by atoms with Crippen LogP contribution in [0.5, 0.6) is 0 Å². The number of aryl methyl sites for hydroxylation is 1. The lowest BCUT2D eigenvalue weighted by Crippen LogP contribution is -2.14. The number of nitrogens with one attached hydrogen (secondary N) is 1. The van der Waals surface area contributed by atoms with Crippen molar-refractivity contribution in [3.05, 3.63) is 45.3 Å². The second-order valence-corrected chi connectivity index (χ2v) is 4.63. The Morgan fingerprint density at radius 3 is 2.83 bits per heavy atom. The standard InChI is InChI=1S/C11H7F2N3OS/c1-5-4-18-11(14-5)16-9-7(15-10(16)17)3-2-6(12)8(9)13/h2-4H,1H3,(H,15,17). The lowest BCUT2D eigenvalue weighted by atomic mass is 10.3. The third-order valence-electron chi connectivity index (χ3n) is 2.54. The van der Waals surface area contributed by atoms with Crippen molar-refractivity contribution in [2.75, 3.05) is 0 Å². The molecule has 0 aliphatic rings. The zero-order valence-corrected chi connectivity index (χ0v) is 10.0. The van der Waals surface area contributed by atoms with Crippen LogP contribution in [0.4, 0.5) is 8.78 Å². The highest BCUT2D eigenvalue weighted by Gasteiger charge is 2.17. The number of imidazole rings is 1. The maximum absolute atomic E-state index is 13.8. The van der Waals surface area contributed by atoms with Gasteiger partial charge in [-0.1, -0.05) is 0 Å². The van der Waals surface area contributed by atoms with Gasteiger partial charge in [-0.25, -0.2) is 23.1 Å². The number of rotatable bonds is 1. The summed E-state index contributed by atoms with van der Waals surface area (Å²) >= 11 is 1.19. The third kappa shape index (κ3) is 1.47. The molecule has 3 rings (SSSR count). The molecular weight excluding hydrogens is 260 g/mol. The molecule has 0 aliphatic heterocycles. The second-order valence-electron chi connectivity index (χ2n) is 3.79. The van der Waals surface area contributed by atoms with Gasteiger partial charge in [-0.15, -0.1) is 11.3 Å². The fraction of sp³-hybridized carbons (Fsp3) is 0.0909. The zero-order valence-electron chi connectivity index (χ0n) is 9.20. The Bertz CT molecular complexity index is 802. The van der Waals surface area contributed by atoms with E-state index in [0.29, 0.717) is 10.8 Å². The summed E-state index contributed by atoms with van der Waals surface area (Å²) in [4.78, 5) is 18.4. The highest BCUT2D eigenvalue weighted by Crippen LogP contribution is 2.22. The van der Waals surface area contributed by atoms with Gasteiger partial charge in [0.05, 0.1) is 11.2 Å². The number of benzene rings is 1. The summed E-state index contributed by atoms with van der Waals surface area (Å²) in [5, 5.41) is 2.05. The largest absolute Gasteiger partial charge is 0.333 e. The van der Waals surface area contributed by atoms with E-state index >= 15 is 0 Å². The summed E-state index contributed by atoms with van der Waals surface area (Å²) in [5.74, 6) is -2.05. The molecule has 1 aromatic carbocycles. The molecule has 0 saturated carbocycles. The van der Waals surface area contributed by atoms with Crippen molar-refractivity contribution < 1.29 is 8.78 Å². The predicted octanol–water partition coefficient (Wildman–Crippen LogP) is 2.36. The van der Waals surface area contributed by atoms with Gasteiger partial charge in [-0.3, -0.25) is 0 Å². The molecule has 0 radical (unpaired) electrons. The van der Waals surface area contributed by atoms with Gasteiger partial charge in [-0.05, 0) is 19.1 Å². The topological polar surface area (TPSA) is 50.7 Å². The summed E-state index contributed by atoms with van der Waals surface area (Å²) in [6.07, 6.45) is 0. The van der Waals surface area contributed by atoms with Crippen LogP contribution in [0.15, 0.2) is 22.3 Å². The third-order valence-corrected chi connectivity index (χ3v) is 3.48. The summed E-state index contributed by atoms with van der Waals surface area (Å²) in [6, 6.07) is 2.30. The smallest absolute Gasteiger partial charge is 0.305 e. The predicted molar refractivity (Wildman–Crippen MR) is 64.2 cm³/mol. The molecule has 2 aromatic heterocycles. The first-order valence-electron chi connectivity index (χ1n) is 5.09. The van der Waals surface area contributed by atoms with Crippen LogP contribution in [0.3, 0.4) is 0 Å². The van der Waals surface area contributed by atoms with Gasteiger partial charge >= 0.3 is 5.69 Å². The minimum Gasteiger partial charge on any atom is -0.305 e. The van der Waals surface area contributed by atoms with Crippen LogP contribution in [-0.2, 0) is 0 Å². The molecule has 1 N–H and O–H groups in total. The average molecular weight is 267 g/mol. The first-order valence-corrected chi connectivity index (χ1v) is 5.97. The Hall–Kier alpha value is -2.02. The Kier molecular flexibility index (Phi) is 2.30. The van der Waals surface area contributed by atoms with E-state index in [2.05, 4.69) is 9.97 Å². The molecule has 7 heteroatoms. The molecule has 92 valence electrons. The van der Waals surface area contributed by atoms with E-state index in [-0.39, 0.29) is 11.0 Å². The first kappa shape index (κ1) is 11.1. The normalized spacial score (nSPS) is 11.3. The summed E-state index contributed by atoms with van der Waals surface area (Å²) in [5.41, 5.74) is 0.304. The van der Waals surface area contributed by atoms with Crippen molar-refractivity contribution in [1.29, 1.82) is 0 Å². The summed E-state index contributed by atoms with van der Waals surface area (Å²) < 4.78 is 28.1. The van der Waals surface area contributed by atoms with E-state index in [0.717, 1.165) is 10.6 Å². The molecule has 0 fully saturated rings. The van der Waals surface area contributed by atoms with Gasteiger partial charge in [0.15, 0.2) is 16.8 Å². The van der Waals surface area contributed by atoms with Gasteiger partial charge < -0.3 is 4.98 Å². The molecule has 0 unspecified atom stereocenters. The van der Waals surface area contributed by atoms with Crippen LogP contribution in [-0.4, -0.2) is 14.5 Å². The molecule has 18 heavy (non-hydrogen) atoms. The van der Waals surface area contributed by atoms with E-state index in [9.17, 15) is 13.6 Å². The SMILES string of the molecule is Cc1csc(-n2c(=O)[nH]c3ccc(F)c(F)c32)n1. The second kappa shape index (κ2) is 3.74. The maximum Gasteiger partial charge on any atom is 0.333 e. The number of hydrogen-bond acceptors (Lipinski definition) is 3. The molecule has 3 aromatic rings. The number of thiazole rings is 1. The number of hydrogen-bond donors (Lipinski definition) is 1. The lowest BCUT2D eigenvalue weighted by Gasteiger charge is -1.99. The van der Waals surface area contributed by atoms with Crippen LogP contribution < -0.4 is 5.69 Å². The fourth-order valence-electron chi connectivity index (χ4n) is 1.76. The van der Waals surface area contributed by atoms with Crippen molar-refractivity contribution in [1.82, 2.24) is 14.5 Å². The minimum atomic E-state index is -1.06. The van der Waals surface area contributed by atoms with Crippen LogP contribution in [0.2, 0.25) is 0 Å². The van der Waals surface area contributed by atoms with Crippen LogP contribution in [0.1, 0.15) is 5.69 Å². The van der Waals surface area contributed by atoms with E-state index in [1.54, 1.807) is 12.3 Å². The number of aromatic amines is 1. The average Bonchev–Trinajstić information content (AvgIpc) is 2.87. The van der Waals surface area contributed by atoms with Gasteiger partial charge in [0.25, 0.3) is 0 Å². The van der Waals surface area contributed by atoms with Crippen LogP contribution >= 0.6 is 11.3 Å². The molecule has 0 saturated heterocycles. The van der Waals surface area contributed by atoms with Crippen molar-refractivity contribution in [3.8, 4) is 5.13 Å². The quantitative estimate of drug-likeness (QED) is 0.736. The maximum atomic E-state index is 13.8. The number of fused-ring (bicyclic) bond motifs is 1. The van der Waals surface area contributed by atoms with E-state index in [4.69, 9.17) is 0 Å². The lowest BCUT2D eigenvalue weighted by molar-refractivity contribution is 0.514. The number of nitrogens with zero attached hydrogens (tertiary/aromatic N) is 2. The monoisotopic (exact) mass is 267 g/mol. The fourth-order valence-corrected chi connectivity index (χ4v) is 2.56. The molecular formula is C11H7F2N3OS. The van der Waals surface area contributed by atoms with E-state index < -0.39 is 17.3 Å². The van der Waals surface area contributed by atoms with Gasteiger partial charge in [0.1, 0.15) is 5.52 Å². The number of aromatic nitrogens is 3. The number of halogens is 2. The highest BCUT2D eigenvalue weighted by atomic mass is 32.1. The van der Waals surface area contributed by atoms with Crippen LogP contribution in [0, 0.1) is 18.6 Å². The van der Waals surface area contributed by atoms with Crippen molar-refractivity contribution in [2.24, 2.45) is 0 Å². The molecule has 0 spiro atoms. The van der Waals surface area contributed by atoms with Gasteiger partial charge in [-0.2, -0.15) is 0 Å². The Labute approximate surface area is 104 Å². The number of H-pyrrole nitrogens is 1.